The summed E-state index contributed by atoms with van der Waals surface area (Å²) in [5.41, 5.74) is 3.78. The summed E-state index contributed by atoms with van der Waals surface area (Å²) in [6.07, 6.45) is 6.44. The van der Waals surface area contributed by atoms with Crippen molar-refractivity contribution in [3.05, 3.63) is 54.1 Å². The molecule has 2 heterocycles. The Morgan fingerprint density at radius 2 is 2.12 bits per heavy atom. The standard InChI is InChI=1S/C11H10N4O.H2O/c16-11(9-3-6-12-7-4-9)15-14-8-10-2-1-5-13-10;/h1-8,13H,(H,15,16);1H2/b14-8+;. The minimum atomic E-state index is -0.259. The number of carbonyl (C=O) groups excluding carboxylic acids is 1. The van der Waals surface area contributed by atoms with Crippen molar-refractivity contribution < 1.29 is 10.3 Å². The molecule has 0 radical (unpaired) electrons. The van der Waals surface area contributed by atoms with Gasteiger partial charge in [0.05, 0.1) is 11.9 Å². The van der Waals surface area contributed by atoms with Crippen LogP contribution >= 0.6 is 0 Å². The van der Waals surface area contributed by atoms with Gasteiger partial charge in [-0.3, -0.25) is 9.78 Å². The highest BCUT2D eigenvalue weighted by molar-refractivity contribution is 5.94. The van der Waals surface area contributed by atoms with E-state index in [1.165, 1.54) is 0 Å². The first-order valence-electron chi connectivity index (χ1n) is 4.73. The predicted molar refractivity (Wildman–Crippen MR) is 63.7 cm³/mol. The molecule has 2 aromatic rings. The third-order valence-electron chi connectivity index (χ3n) is 1.93. The molecular weight excluding hydrogens is 220 g/mol. The van der Waals surface area contributed by atoms with Gasteiger partial charge in [0.25, 0.3) is 5.91 Å². The number of nitrogens with zero attached hydrogens (tertiary/aromatic N) is 2. The second-order valence-corrected chi connectivity index (χ2v) is 3.06. The van der Waals surface area contributed by atoms with E-state index in [0.29, 0.717) is 5.56 Å². The summed E-state index contributed by atoms with van der Waals surface area (Å²) >= 11 is 0. The Labute approximate surface area is 97.7 Å². The number of hydrogen-bond acceptors (Lipinski definition) is 3. The highest BCUT2D eigenvalue weighted by Gasteiger charge is 2.01. The molecule has 0 atom stereocenters. The largest absolute Gasteiger partial charge is 0.412 e. The van der Waals surface area contributed by atoms with Crippen LogP contribution < -0.4 is 5.43 Å². The molecule has 0 aliphatic rings. The molecule has 6 heteroatoms. The van der Waals surface area contributed by atoms with Crippen molar-refractivity contribution in [2.75, 3.05) is 0 Å². The molecule has 4 N–H and O–H groups in total. The molecule has 2 aromatic heterocycles. The second-order valence-electron chi connectivity index (χ2n) is 3.06. The molecular formula is C11H12N4O2. The summed E-state index contributed by atoms with van der Waals surface area (Å²) in [7, 11) is 0. The number of hydrazone groups is 1. The lowest BCUT2D eigenvalue weighted by atomic mass is 10.3. The Morgan fingerprint density at radius 3 is 2.76 bits per heavy atom. The smallest absolute Gasteiger partial charge is 0.271 e. The summed E-state index contributed by atoms with van der Waals surface area (Å²) in [6, 6.07) is 6.95. The molecule has 0 aliphatic carbocycles. The van der Waals surface area contributed by atoms with Crippen molar-refractivity contribution >= 4 is 12.1 Å². The predicted octanol–water partition coefficient (Wildman–Crippen LogP) is 0.349. The van der Waals surface area contributed by atoms with Crippen LogP contribution in [0, 0.1) is 0 Å². The van der Waals surface area contributed by atoms with Gasteiger partial charge >= 0.3 is 0 Å². The molecule has 0 fully saturated rings. The van der Waals surface area contributed by atoms with E-state index in [0.717, 1.165) is 5.69 Å². The minimum absolute atomic E-state index is 0. The maximum Gasteiger partial charge on any atom is 0.271 e. The van der Waals surface area contributed by atoms with Gasteiger partial charge in [-0.25, -0.2) is 5.43 Å². The monoisotopic (exact) mass is 232 g/mol. The topological polar surface area (TPSA) is 102 Å². The van der Waals surface area contributed by atoms with Gasteiger partial charge in [0.15, 0.2) is 0 Å². The zero-order valence-corrected chi connectivity index (χ0v) is 8.92. The van der Waals surface area contributed by atoms with Crippen LogP contribution in [-0.2, 0) is 0 Å². The summed E-state index contributed by atoms with van der Waals surface area (Å²) < 4.78 is 0. The van der Waals surface area contributed by atoms with Crippen molar-refractivity contribution in [3.63, 3.8) is 0 Å². The van der Waals surface area contributed by atoms with Crippen LogP contribution in [0.25, 0.3) is 0 Å². The molecule has 0 aromatic carbocycles. The van der Waals surface area contributed by atoms with Crippen molar-refractivity contribution in [2.45, 2.75) is 0 Å². The number of pyridine rings is 1. The molecule has 0 unspecified atom stereocenters. The highest BCUT2D eigenvalue weighted by Crippen LogP contribution is 1.95. The Morgan fingerprint density at radius 1 is 1.35 bits per heavy atom. The average Bonchev–Trinajstić information content (AvgIpc) is 2.83. The third-order valence-corrected chi connectivity index (χ3v) is 1.93. The SMILES string of the molecule is O.O=C(N/N=C/c1ccc[nH]1)c1ccncc1. The number of aromatic amines is 1. The summed E-state index contributed by atoms with van der Waals surface area (Å²) in [5.74, 6) is -0.259. The van der Waals surface area contributed by atoms with Gasteiger partial charge in [-0.15, -0.1) is 0 Å². The number of aromatic nitrogens is 2. The van der Waals surface area contributed by atoms with Crippen LogP contribution in [0.2, 0.25) is 0 Å². The van der Waals surface area contributed by atoms with Crippen molar-refractivity contribution in [2.24, 2.45) is 5.10 Å². The number of carbonyl (C=O) groups is 1. The van der Waals surface area contributed by atoms with E-state index in [1.54, 1.807) is 36.9 Å². The van der Waals surface area contributed by atoms with Gasteiger partial charge in [-0.05, 0) is 24.3 Å². The van der Waals surface area contributed by atoms with Crippen LogP contribution in [0.5, 0.6) is 0 Å². The van der Waals surface area contributed by atoms with Gasteiger partial charge in [-0.1, -0.05) is 0 Å². The molecule has 1 amide bonds. The third kappa shape index (κ3) is 3.54. The van der Waals surface area contributed by atoms with Crippen LogP contribution in [0.15, 0.2) is 48.0 Å². The summed E-state index contributed by atoms with van der Waals surface area (Å²) in [4.78, 5) is 18.3. The number of rotatable bonds is 3. The van der Waals surface area contributed by atoms with Crippen molar-refractivity contribution in [3.8, 4) is 0 Å². The van der Waals surface area contributed by atoms with E-state index < -0.39 is 0 Å². The van der Waals surface area contributed by atoms with E-state index in [1.807, 2.05) is 12.1 Å². The fourth-order valence-corrected chi connectivity index (χ4v) is 1.15. The van der Waals surface area contributed by atoms with E-state index in [9.17, 15) is 4.79 Å². The average molecular weight is 232 g/mol. The zero-order chi connectivity index (χ0) is 11.2. The molecule has 0 spiro atoms. The van der Waals surface area contributed by atoms with Crippen LogP contribution in [0.4, 0.5) is 0 Å². The van der Waals surface area contributed by atoms with Gasteiger partial charge in [-0.2, -0.15) is 5.10 Å². The Hall–Kier alpha value is -2.47. The molecule has 2 rings (SSSR count). The lowest BCUT2D eigenvalue weighted by Gasteiger charge is -1.97. The van der Waals surface area contributed by atoms with Crippen LogP contribution in [0.3, 0.4) is 0 Å². The summed E-state index contributed by atoms with van der Waals surface area (Å²) in [5, 5.41) is 3.81. The van der Waals surface area contributed by atoms with E-state index in [2.05, 4.69) is 20.5 Å². The molecule has 17 heavy (non-hydrogen) atoms. The minimum Gasteiger partial charge on any atom is -0.412 e. The first-order valence-corrected chi connectivity index (χ1v) is 4.73. The number of amides is 1. The van der Waals surface area contributed by atoms with Gasteiger partial charge in [0.2, 0.25) is 0 Å². The number of nitrogens with one attached hydrogen (secondary N) is 2. The number of hydrogen-bond donors (Lipinski definition) is 2. The number of H-pyrrole nitrogens is 1. The fraction of sp³-hybridized carbons (Fsp3) is 0. The lowest BCUT2D eigenvalue weighted by Crippen LogP contribution is -2.17. The van der Waals surface area contributed by atoms with E-state index in [4.69, 9.17) is 0 Å². The molecule has 6 nitrogen and oxygen atoms in total. The quantitative estimate of drug-likeness (QED) is 0.589. The van der Waals surface area contributed by atoms with Crippen LogP contribution in [-0.4, -0.2) is 27.6 Å². The molecule has 0 bridgehead atoms. The van der Waals surface area contributed by atoms with Gasteiger partial charge < -0.3 is 10.5 Å². The highest BCUT2D eigenvalue weighted by atomic mass is 16.2. The fourth-order valence-electron chi connectivity index (χ4n) is 1.15. The van der Waals surface area contributed by atoms with E-state index in [-0.39, 0.29) is 11.4 Å². The molecule has 0 aliphatic heterocycles. The van der Waals surface area contributed by atoms with Gasteiger partial charge in [0, 0.05) is 24.2 Å². The molecule has 0 saturated heterocycles. The van der Waals surface area contributed by atoms with Crippen molar-refractivity contribution in [1.29, 1.82) is 0 Å². The molecule has 0 saturated carbocycles. The first kappa shape index (κ1) is 12.6. The lowest BCUT2D eigenvalue weighted by molar-refractivity contribution is 0.0955. The second kappa shape index (κ2) is 6.19. The first-order chi connectivity index (χ1) is 7.86. The Balaban J connectivity index is 0.00000144. The van der Waals surface area contributed by atoms with E-state index >= 15 is 0 Å². The van der Waals surface area contributed by atoms with Crippen molar-refractivity contribution in [1.82, 2.24) is 15.4 Å². The van der Waals surface area contributed by atoms with Gasteiger partial charge in [0.1, 0.15) is 0 Å². The normalized spacial score (nSPS) is 9.88. The maximum atomic E-state index is 11.5. The molecule has 88 valence electrons. The zero-order valence-electron chi connectivity index (χ0n) is 8.92. The Kier molecular flexibility index (Phi) is 4.58. The maximum absolute atomic E-state index is 11.5. The summed E-state index contributed by atoms with van der Waals surface area (Å²) in [6.45, 7) is 0. The van der Waals surface area contributed by atoms with Crippen LogP contribution in [0.1, 0.15) is 16.1 Å². The Bertz CT molecular complexity index is 479.